The van der Waals surface area contributed by atoms with Crippen molar-refractivity contribution in [2.75, 3.05) is 0 Å². The standard InChI is InChI=1S/C15H22BN6.C6H9O.2CO.W/c1-10-7-13(4)20(17-10)16(21-14(5)8-11(2)18-21)22-15(6)9-12(3)19-22;1-3-5-6(7)4-2;2*1-2;/h7-9,16H,1-6H3;3,5-7H,4H2,1H3;;;/q-1;;;;+1/b;5-3+;;;. The van der Waals surface area contributed by atoms with Crippen LogP contribution in [0.15, 0.2) is 30.4 Å². The third-order valence-corrected chi connectivity index (χ3v) is 5.42. The van der Waals surface area contributed by atoms with Gasteiger partial charge in [-0.25, -0.2) is 15.3 Å². The second-order valence-corrected chi connectivity index (χ2v) is 8.68. The molecule has 0 saturated heterocycles. The van der Waals surface area contributed by atoms with Crippen molar-refractivity contribution in [1.29, 1.82) is 0 Å². The maximum atomic E-state index is 8.91. The van der Waals surface area contributed by atoms with Crippen LogP contribution in [-0.2, 0) is 28.5 Å². The first-order valence-corrected chi connectivity index (χ1v) is 12.0. The fraction of sp³-hybridized carbons (Fsp3) is 0.391. The van der Waals surface area contributed by atoms with E-state index >= 15 is 0 Å². The average Bonchev–Trinajstić information content (AvgIpc) is 3.42. The van der Waals surface area contributed by atoms with Crippen LogP contribution >= 0.6 is 0 Å². The fourth-order valence-electron chi connectivity index (χ4n) is 3.64. The van der Waals surface area contributed by atoms with E-state index in [1.54, 1.807) is 6.08 Å². The predicted octanol–water partition coefficient (Wildman–Crippen LogP) is 2.53. The summed E-state index contributed by atoms with van der Waals surface area (Å²) in [7, 11) is -1.26. The summed E-state index contributed by atoms with van der Waals surface area (Å²) in [5.74, 6) is 0. The van der Waals surface area contributed by atoms with Gasteiger partial charge in [-0.05, 0) is 76.8 Å². The molecule has 0 amide bonds. The van der Waals surface area contributed by atoms with E-state index in [0.717, 1.165) is 34.2 Å². The molecular weight excluding hydrogens is 603 g/mol. The first-order chi connectivity index (χ1) is 16.2. The van der Waals surface area contributed by atoms with Gasteiger partial charge < -0.3 is 13.8 Å². The third kappa shape index (κ3) is 8.94. The number of hydrogen-bond acceptors (Lipinski definition) is 4. The number of aromatic nitrogens is 6. The SMILES string of the molecule is C/C=C/C(O)C[C]#[W+].Cc1cc(C)n([BH-](n2nc(C)cc2C)n2nc(C)cc2C)n1.[C-]#[O+].[C-]#[O+]. The first kappa shape index (κ1) is 31.3. The molecule has 9 nitrogen and oxygen atoms in total. The Morgan fingerprint density at radius 2 is 1.21 bits per heavy atom. The van der Waals surface area contributed by atoms with Gasteiger partial charge in [-0.3, -0.25) is 0 Å². The minimum absolute atomic E-state index is 0.308. The Morgan fingerprint density at radius 1 is 0.882 bits per heavy atom. The molecule has 1 unspecified atom stereocenters. The van der Waals surface area contributed by atoms with Gasteiger partial charge in [0.25, 0.3) is 0 Å². The molecule has 0 aliphatic carbocycles. The molecule has 34 heavy (non-hydrogen) atoms. The second kappa shape index (κ2) is 16.1. The molecule has 0 fully saturated rings. The molecule has 0 saturated carbocycles. The molecule has 0 aromatic carbocycles. The first-order valence-electron chi connectivity index (χ1n) is 10.5. The fourth-order valence-corrected chi connectivity index (χ4v) is 4.25. The van der Waals surface area contributed by atoms with Crippen LogP contribution in [0.3, 0.4) is 0 Å². The Hall–Kier alpha value is -2.66. The monoisotopic (exact) mass is 634 g/mol. The molecule has 3 heterocycles. The van der Waals surface area contributed by atoms with E-state index in [1.807, 2.05) is 33.8 Å². The summed E-state index contributed by atoms with van der Waals surface area (Å²) in [6, 6.07) is 6.28. The zero-order valence-corrected chi connectivity index (χ0v) is 23.7. The van der Waals surface area contributed by atoms with Crippen molar-refractivity contribution in [1.82, 2.24) is 29.1 Å². The molecule has 180 valence electrons. The topological polar surface area (TPSA) is 113 Å². The van der Waals surface area contributed by atoms with Crippen molar-refractivity contribution in [3.05, 3.63) is 77.8 Å². The van der Waals surface area contributed by atoms with Gasteiger partial charge in [0.2, 0.25) is 0 Å². The zero-order chi connectivity index (χ0) is 26.4. The van der Waals surface area contributed by atoms with Crippen LogP contribution in [0, 0.1) is 59.0 Å². The molecular formula is C23H31BN6O3W. The van der Waals surface area contributed by atoms with Crippen LogP contribution < -0.4 is 0 Å². The Balaban J connectivity index is 0.000000769. The molecule has 0 aliphatic heterocycles. The van der Waals surface area contributed by atoms with Crippen molar-refractivity contribution in [2.45, 2.75) is 61.0 Å². The molecule has 0 aliphatic rings. The van der Waals surface area contributed by atoms with Gasteiger partial charge in [0, 0.05) is 0 Å². The molecule has 0 bridgehead atoms. The summed E-state index contributed by atoms with van der Waals surface area (Å²) in [5.41, 5.74) is 6.40. The van der Waals surface area contributed by atoms with E-state index in [0.29, 0.717) is 6.42 Å². The van der Waals surface area contributed by atoms with Gasteiger partial charge in [-0.1, -0.05) is 0 Å². The van der Waals surface area contributed by atoms with Crippen molar-refractivity contribution in [3.8, 4) is 4.20 Å². The number of aliphatic hydroxyl groups is 1. The number of rotatable bonds is 5. The summed E-state index contributed by atoms with van der Waals surface area (Å²) in [6.07, 6.45) is 3.96. The average molecular weight is 634 g/mol. The Bertz CT molecular complexity index is 1040. The Morgan fingerprint density at radius 3 is 1.41 bits per heavy atom. The molecule has 3 aromatic rings. The van der Waals surface area contributed by atoms with Gasteiger partial charge >= 0.3 is 89.8 Å². The van der Waals surface area contributed by atoms with E-state index in [1.165, 1.54) is 19.2 Å². The number of nitrogens with zero attached hydrogens (tertiary/aromatic N) is 6. The van der Waals surface area contributed by atoms with Gasteiger partial charge in [-0.15, -0.1) is 0 Å². The number of aliphatic hydroxyl groups excluding tert-OH is 1. The number of allylic oxidation sites excluding steroid dienone is 1. The van der Waals surface area contributed by atoms with Crippen molar-refractivity contribution in [2.24, 2.45) is 0 Å². The van der Waals surface area contributed by atoms with E-state index in [9.17, 15) is 0 Å². The number of hydrogen-bond donors (Lipinski definition) is 1. The predicted molar refractivity (Wildman–Crippen MR) is 126 cm³/mol. The minimum atomic E-state index is -1.26. The van der Waals surface area contributed by atoms with Crippen LogP contribution in [-0.4, -0.2) is 47.4 Å². The maximum absolute atomic E-state index is 8.91. The molecule has 11 heteroatoms. The number of aryl methyl sites for hydroxylation is 6. The second-order valence-electron chi connectivity index (χ2n) is 7.65. The van der Waals surface area contributed by atoms with E-state index in [-0.39, 0.29) is 6.10 Å². The zero-order valence-electron chi connectivity index (χ0n) is 20.7. The summed E-state index contributed by atoms with van der Waals surface area (Å²) in [4.78, 5) is 0. The van der Waals surface area contributed by atoms with Gasteiger partial charge in [0.15, 0.2) is 0 Å². The van der Waals surface area contributed by atoms with E-state index in [4.69, 9.17) is 29.7 Å². The van der Waals surface area contributed by atoms with Gasteiger partial charge in [0.1, 0.15) is 0 Å². The van der Waals surface area contributed by atoms with Crippen LogP contribution in [0.2, 0.25) is 0 Å². The Kier molecular flexibility index (Phi) is 14.8. The molecule has 3 rings (SSSR count). The van der Waals surface area contributed by atoms with Crippen LogP contribution in [0.1, 0.15) is 47.5 Å². The van der Waals surface area contributed by atoms with Crippen LogP contribution in [0.5, 0.6) is 0 Å². The Labute approximate surface area is 212 Å². The summed E-state index contributed by atoms with van der Waals surface area (Å²) < 4.78 is 24.1. The molecule has 0 spiro atoms. The summed E-state index contributed by atoms with van der Waals surface area (Å²) in [6.45, 7) is 23.2. The summed E-state index contributed by atoms with van der Waals surface area (Å²) in [5, 5.41) is 23.0. The van der Waals surface area contributed by atoms with Gasteiger partial charge in [0.05, 0.1) is 17.1 Å². The van der Waals surface area contributed by atoms with Crippen LogP contribution in [0.4, 0.5) is 0 Å². The molecule has 1 N–H and O–H groups in total. The van der Waals surface area contributed by atoms with Crippen molar-refractivity contribution >= 4 is 7.12 Å². The quantitative estimate of drug-likeness (QED) is 0.201. The summed E-state index contributed by atoms with van der Waals surface area (Å²) >= 11 is 1.29. The molecule has 3 aromatic heterocycles. The van der Waals surface area contributed by atoms with E-state index in [2.05, 4.69) is 70.3 Å². The van der Waals surface area contributed by atoms with Crippen LogP contribution in [0.25, 0.3) is 0 Å². The normalized spacial score (nSPS) is 10.8. The molecule has 0 radical (unpaired) electrons. The van der Waals surface area contributed by atoms with E-state index < -0.39 is 7.12 Å². The third-order valence-electron chi connectivity index (χ3n) is 4.82. The van der Waals surface area contributed by atoms with Gasteiger partial charge in [-0.2, -0.15) is 0 Å². The molecule has 1 atom stereocenters. The van der Waals surface area contributed by atoms with Crippen molar-refractivity contribution < 1.29 is 33.6 Å². The van der Waals surface area contributed by atoms with Crippen molar-refractivity contribution in [3.63, 3.8) is 0 Å².